The first-order valence-corrected chi connectivity index (χ1v) is 8.49. The number of hydrogen-bond acceptors (Lipinski definition) is 11. The number of ether oxygens (including phenoxy) is 3. The predicted octanol–water partition coefficient (Wildman–Crippen LogP) is 1.11. The Morgan fingerprint density at radius 3 is 2.23 bits per heavy atom. The van der Waals surface area contributed by atoms with Crippen molar-refractivity contribution in [3.63, 3.8) is 0 Å². The molecule has 0 aliphatic rings. The number of rotatable bonds is 9. The summed E-state index contributed by atoms with van der Waals surface area (Å²) in [5, 5.41) is 30.5. The van der Waals surface area contributed by atoms with Crippen molar-refractivity contribution in [2.75, 3.05) is 26.9 Å². The number of aromatic amines is 1. The number of nitrogens with one attached hydrogen (secondary N) is 1. The van der Waals surface area contributed by atoms with Gasteiger partial charge in [0, 0.05) is 7.11 Å². The SMILES string of the molecule is CCOC(=O)c1[nH]ncc1[N+](=O)[O-].CCOC(=O)c1nn(CCOC)cc1[N+](=O)[O-]. The van der Waals surface area contributed by atoms with Gasteiger partial charge >= 0.3 is 23.3 Å². The fraction of sp³-hybridized carbons (Fsp3) is 0.467. The van der Waals surface area contributed by atoms with Gasteiger partial charge in [-0.1, -0.05) is 0 Å². The second-order valence-electron chi connectivity index (χ2n) is 5.20. The maximum absolute atomic E-state index is 11.4. The zero-order chi connectivity index (χ0) is 22.7. The smallest absolute Gasteiger partial charge is 0.366 e. The molecule has 164 valence electrons. The summed E-state index contributed by atoms with van der Waals surface area (Å²) in [6, 6.07) is 0. The second-order valence-corrected chi connectivity index (χ2v) is 5.20. The molecule has 0 saturated heterocycles. The number of H-pyrrole nitrogens is 1. The van der Waals surface area contributed by atoms with Crippen LogP contribution >= 0.6 is 0 Å². The first-order chi connectivity index (χ1) is 14.3. The fourth-order valence-corrected chi connectivity index (χ4v) is 1.96. The molecular formula is C15H20N6O9. The minimum atomic E-state index is -0.796. The highest BCUT2D eigenvalue weighted by molar-refractivity contribution is 5.91. The third kappa shape index (κ3) is 6.62. The van der Waals surface area contributed by atoms with Crippen LogP contribution in [0.1, 0.15) is 34.8 Å². The maximum Gasteiger partial charge on any atom is 0.366 e. The van der Waals surface area contributed by atoms with E-state index in [9.17, 15) is 29.8 Å². The molecule has 15 nitrogen and oxygen atoms in total. The Hall–Kier alpha value is -3.88. The van der Waals surface area contributed by atoms with Crippen LogP contribution in [-0.4, -0.2) is 68.7 Å². The van der Waals surface area contributed by atoms with Crippen LogP contribution in [0.5, 0.6) is 0 Å². The number of nitrogens with zero attached hydrogens (tertiary/aromatic N) is 5. The molecule has 0 aliphatic carbocycles. The molecule has 0 spiro atoms. The Bertz CT molecular complexity index is 891. The zero-order valence-corrected chi connectivity index (χ0v) is 16.4. The fourth-order valence-electron chi connectivity index (χ4n) is 1.96. The lowest BCUT2D eigenvalue weighted by Crippen LogP contribution is -2.10. The van der Waals surface area contributed by atoms with Crippen molar-refractivity contribution in [1.29, 1.82) is 0 Å². The molecule has 0 aromatic carbocycles. The molecule has 0 bridgehead atoms. The number of nitro groups is 2. The van der Waals surface area contributed by atoms with E-state index in [0.717, 1.165) is 6.20 Å². The van der Waals surface area contributed by atoms with E-state index in [1.165, 1.54) is 18.0 Å². The maximum atomic E-state index is 11.4. The van der Waals surface area contributed by atoms with Gasteiger partial charge in [0.25, 0.3) is 0 Å². The molecule has 2 heterocycles. The molecule has 0 amide bonds. The number of aromatic nitrogens is 4. The van der Waals surface area contributed by atoms with Crippen molar-refractivity contribution in [2.45, 2.75) is 20.4 Å². The molecule has 0 fully saturated rings. The first kappa shape index (κ1) is 24.2. The van der Waals surface area contributed by atoms with Crippen molar-refractivity contribution in [3.05, 3.63) is 44.0 Å². The molecule has 15 heteroatoms. The lowest BCUT2D eigenvalue weighted by atomic mass is 10.4. The zero-order valence-electron chi connectivity index (χ0n) is 16.4. The summed E-state index contributed by atoms with van der Waals surface area (Å²) in [7, 11) is 1.50. The number of hydrogen-bond donors (Lipinski definition) is 1. The molecule has 0 unspecified atom stereocenters. The van der Waals surface area contributed by atoms with Crippen LogP contribution in [0.15, 0.2) is 12.4 Å². The van der Waals surface area contributed by atoms with Crippen LogP contribution in [-0.2, 0) is 20.8 Å². The van der Waals surface area contributed by atoms with E-state index in [2.05, 4.69) is 24.8 Å². The van der Waals surface area contributed by atoms with E-state index >= 15 is 0 Å². The van der Waals surface area contributed by atoms with Gasteiger partial charge in [-0.25, -0.2) is 9.59 Å². The van der Waals surface area contributed by atoms with E-state index in [1.807, 2.05) is 0 Å². The monoisotopic (exact) mass is 428 g/mol. The predicted molar refractivity (Wildman–Crippen MR) is 97.9 cm³/mol. The summed E-state index contributed by atoms with van der Waals surface area (Å²) in [4.78, 5) is 42.2. The quantitative estimate of drug-likeness (QED) is 0.341. The van der Waals surface area contributed by atoms with Crippen molar-refractivity contribution in [2.24, 2.45) is 0 Å². The van der Waals surface area contributed by atoms with Gasteiger partial charge in [0.05, 0.1) is 36.2 Å². The van der Waals surface area contributed by atoms with Crippen LogP contribution in [0.3, 0.4) is 0 Å². The lowest BCUT2D eigenvalue weighted by molar-refractivity contribution is -0.385. The van der Waals surface area contributed by atoms with Crippen LogP contribution < -0.4 is 0 Å². The topological polar surface area (TPSA) is 195 Å². The lowest BCUT2D eigenvalue weighted by Gasteiger charge is -1.98. The average molecular weight is 428 g/mol. The van der Waals surface area contributed by atoms with Gasteiger partial charge in [-0.15, -0.1) is 0 Å². The summed E-state index contributed by atoms with van der Waals surface area (Å²) in [5.74, 6) is -1.57. The molecule has 2 aromatic rings. The van der Waals surface area contributed by atoms with E-state index in [0.29, 0.717) is 13.2 Å². The Labute approximate surface area is 169 Å². The third-order valence-electron chi connectivity index (χ3n) is 3.23. The van der Waals surface area contributed by atoms with Gasteiger partial charge in [0.15, 0.2) is 0 Å². The number of methoxy groups -OCH3 is 1. The molecule has 2 rings (SSSR count). The average Bonchev–Trinajstić information content (AvgIpc) is 3.35. The highest BCUT2D eigenvalue weighted by atomic mass is 16.6. The van der Waals surface area contributed by atoms with Gasteiger partial charge in [0.2, 0.25) is 11.4 Å². The number of carbonyl (C=O) groups is 2. The highest BCUT2D eigenvalue weighted by Gasteiger charge is 2.26. The minimum Gasteiger partial charge on any atom is -0.461 e. The van der Waals surface area contributed by atoms with Gasteiger partial charge in [-0.05, 0) is 13.8 Å². The second kappa shape index (κ2) is 11.8. The molecule has 0 radical (unpaired) electrons. The molecule has 0 atom stereocenters. The van der Waals surface area contributed by atoms with E-state index in [4.69, 9.17) is 4.74 Å². The molecule has 0 saturated carbocycles. The Kier molecular flexibility index (Phi) is 9.54. The van der Waals surface area contributed by atoms with E-state index in [-0.39, 0.29) is 36.0 Å². The largest absolute Gasteiger partial charge is 0.461 e. The van der Waals surface area contributed by atoms with Gasteiger partial charge < -0.3 is 14.2 Å². The molecule has 30 heavy (non-hydrogen) atoms. The van der Waals surface area contributed by atoms with Gasteiger partial charge in [-0.2, -0.15) is 10.2 Å². The van der Waals surface area contributed by atoms with Crippen LogP contribution in [0, 0.1) is 20.2 Å². The Morgan fingerprint density at radius 1 is 1.10 bits per heavy atom. The van der Waals surface area contributed by atoms with Crippen LogP contribution in [0.25, 0.3) is 0 Å². The number of carbonyl (C=O) groups excluding carboxylic acids is 2. The molecule has 0 aliphatic heterocycles. The minimum absolute atomic E-state index is 0.140. The Morgan fingerprint density at radius 2 is 1.70 bits per heavy atom. The van der Waals surface area contributed by atoms with Crippen molar-refractivity contribution in [1.82, 2.24) is 20.0 Å². The van der Waals surface area contributed by atoms with Crippen molar-refractivity contribution < 1.29 is 33.6 Å². The number of esters is 2. The van der Waals surface area contributed by atoms with Crippen LogP contribution in [0.4, 0.5) is 11.4 Å². The summed E-state index contributed by atoms with van der Waals surface area (Å²) in [6.45, 7) is 4.21. The molecule has 1 N–H and O–H groups in total. The Balaban J connectivity index is 0.000000311. The summed E-state index contributed by atoms with van der Waals surface area (Å²) in [5.41, 5.74) is -1.25. The van der Waals surface area contributed by atoms with Crippen molar-refractivity contribution in [3.8, 4) is 0 Å². The van der Waals surface area contributed by atoms with Crippen LogP contribution in [0.2, 0.25) is 0 Å². The summed E-state index contributed by atoms with van der Waals surface area (Å²) >= 11 is 0. The van der Waals surface area contributed by atoms with Gasteiger partial charge in [-0.3, -0.25) is 30.0 Å². The van der Waals surface area contributed by atoms with E-state index in [1.54, 1.807) is 13.8 Å². The third-order valence-corrected chi connectivity index (χ3v) is 3.23. The van der Waals surface area contributed by atoms with Gasteiger partial charge in [0.1, 0.15) is 12.4 Å². The highest BCUT2D eigenvalue weighted by Crippen LogP contribution is 2.17. The van der Waals surface area contributed by atoms with E-state index < -0.39 is 21.8 Å². The molecular weight excluding hydrogens is 408 g/mol. The van der Waals surface area contributed by atoms with Crippen molar-refractivity contribution >= 4 is 23.3 Å². The standard InChI is InChI=1S/C9H13N3O5.C6H7N3O4/c1-3-17-9(13)8-7(12(14)15)6-11(10-8)4-5-16-2;1-2-13-6(10)5-4(9(11)12)3-7-8-5/h6H,3-5H2,1-2H3;3H,2H2,1H3,(H,7,8). The normalized spacial score (nSPS) is 9.97. The molecule has 2 aromatic heterocycles. The summed E-state index contributed by atoms with van der Waals surface area (Å²) in [6.07, 6.45) is 2.15. The first-order valence-electron chi connectivity index (χ1n) is 8.49. The summed E-state index contributed by atoms with van der Waals surface area (Å²) < 4.78 is 15.4.